The van der Waals surface area contributed by atoms with Crippen LogP contribution in [0.3, 0.4) is 0 Å². The summed E-state index contributed by atoms with van der Waals surface area (Å²) < 4.78 is 28.0. The summed E-state index contributed by atoms with van der Waals surface area (Å²) in [6, 6.07) is 4.46. The van der Waals surface area contributed by atoms with E-state index < -0.39 is 29.3 Å². The lowest BCUT2D eigenvalue weighted by molar-refractivity contribution is -0.606. The van der Waals surface area contributed by atoms with Gasteiger partial charge >= 0.3 is 0 Å². The molecule has 0 radical (unpaired) electrons. The number of carbonyl (C=O) groups is 1. The quantitative estimate of drug-likeness (QED) is 0.396. The van der Waals surface area contributed by atoms with Crippen LogP contribution >= 0.6 is 0 Å². The van der Waals surface area contributed by atoms with Gasteiger partial charge in [0.05, 0.1) is 12.1 Å². The maximum atomic E-state index is 13.6. The smallest absolute Gasteiger partial charge is 0.217 e. The molecule has 1 saturated carbocycles. The van der Waals surface area contributed by atoms with Crippen molar-refractivity contribution in [3.63, 3.8) is 0 Å². The second kappa shape index (κ2) is 9.73. The Morgan fingerprint density at radius 3 is 2.33 bits per heavy atom. The van der Waals surface area contributed by atoms with Crippen molar-refractivity contribution < 1.29 is 23.4 Å². The normalized spacial score (nSPS) is 16.8. The minimum absolute atomic E-state index is 0.0356. The summed E-state index contributed by atoms with van der Waals surface area (Å²) in [5.41, 5.74) is 1.79. The van der Waals surface area contributed by atoms with Crippen LogP contribution in [0.1, 0.15) is 57.2 Å². The largest absolute Gasteiger partial charge is 0.619 e. The van der Waals surface area contributed by atoms with Gasteiger partial charge in [0.2, 0.25) is 5.91 Å². The van der Waals surface area contributed by atoms with Gasteiger partial charge in [0.15, 0.2) is 12.4 Å². The molecule has 2 aromatic rings. The summed E-state index contributed by atoms with van der Waals surface area (Å²) in [6.45, 7) is 7.81. The van der Waals surface area contributed by atoms with E-state index in [2.05, 4.69) is 31.4 Å². The minimum atomic E-state index is -1.00. The molecule has 1 aliphatic rings. The summed E-state index contributed by atoms with van der Waals surface area (Å²) in [6.07, 6.45) is 4.61. The predicted molar refractivity (Wildman–Crippen MR) is 121 cm³/mol. The number of aliphatic hydroxyl groups excluding tert-OH is 1. The Morgan fingerprint density at radius 1 is 1.15 bits per heavy atom. The van der Waals surface area contributed by atoms with Crippen molar-refractivity contribution in [2.24, 2.45) is 5.41 Å². The highest BCUT2D eigenvalue weighted by Crippen LogP contribution is 2.45. The Labute approximate surface area is 193 Å². The molecule has 180 valence electrons. The zero-order chi connectivity index (χ0) is 24.4. The number of aromatic nitrogens is 1. The number of amides is 1. The van der Waals surface area contributed by atoms with Gasteiger partial charge in [0, 0.05) is 36.2 Å². The van der Waals surface area contributed by atoms with Crippen LogP contribution in [-0.4, -0.2) is 29.7 Å². The second-order valence-electron chi connectivity index (χ2n) is 10.3. The average Bonchev–Trinajstić information content (AvgIpc) is 3.44. The molecule has 1 aromatic carbocycles. The number of halogens is 2. The molecule has 0 spiro atoms. The number of hydrogen-bond acceptors (Lipinski definition) is 4. The molecule has 6 nitrogen and oxygen atoms in total. The molecular weight excluding hydrogens is 428 g/mol. The number of carbonyl (C=O) groups excluding carboxylic acids is 1. The molecule has 0 bridgehead atoms. The first-order valence-electron chi connectivity index (χ1n) is 11.2. The van der Waals surface area contributed by atoms with Crippen LogP contribution in [0.5, 0.6) is 0 Å². The van der Waals surface area contributed by atoms with Gasteiger partial charge in [0.25, 0.3) is 0 Å². The fourth-order valence-corrected chi connectivity index (χ4v) is 4.24. The van der Waals surface area contributed by atoms with Gasteiger partial charge in [-0.15, -0.1) is 0 Å². The molecule has 1 aromatic heterocycles. The molecule has 1 amide bonds. The molecule has 1 heterocycles. The summed E-state index contributed by atoms with van der Waals surface area (Å²) >= 11 is 0. The van der Waals surface area contributed by atoms with E-state index in [9.17, 15) is 23.9 Å². The maximum Gasteiger partial charge on any atom is 0.217 e. The number of nitrogens with one attached hydrogen (secondary N) is 2. The first-order valence-corrected chi connectivity index (χ1v) is 11.2. The van der Waals surface area contributed by atoms with E-state index in [1.165, 1.54) is 19.1 Å². The van der Waals surface area contributed by atoms with Crippen molar-refractivity contribution >= 4 is 5.91 Å². The van der Waals surface area contributed by atoms with Crippen LogP contribution in [0.4, 0.5) is 8.78 Å². The molecule has 0 aliphatic heterocycles. The third kappa shape index (κ3) is 7.20. The van der Waals surface area contributed by atoms with Crippen molar-refractivity contribution in [3.8, 4) is 0 Å². The van der Waals surface area contributed by atoms with Crippen LogP contribution in [0.2, 0.25) is 0 Å². The van der Waals surface area contributed by atoms with Crippen LogP contribution in [-0.2, 0) is 23.2 Å². The molecule has 33 heavy (non-hydrogen) atoms. The fourth-order valence-electron chi connectivity index (χ4n) is 4.24. The summed E-state index contributed by atoms with van der Waals surface area (Å²) in [5, 5.41) is 29.1. The van der Waals surface area contributed by atoms with E-state index in [1.54, 1.807) is 12.4 Å². The lowest BCUT2D eigenvalue weighted by atomic mass is 9.88. The van der Waals surface area contributed by atoms with E-state index in [1.807, 2.05) is 6.07 Å². The number of aliphatic hydroxyl groups is 1. The van der Waals surface area contributed by atoms with E-state index in [4.69, 9.17) is 0 Å². The number of hydrogen-bond donors (Lipinski definition) is 3. The van der Waals surface area contributed by atoms with Gasteiger partial charge in [-0.2, -0.15) is 4.73 Å². The highest BCUT2D eigenvalue weighted by molar-refractivity contribution is 5.73. The Balaban J connectivity index is 1.72. The third-order valence-electron chi connectivity index (χ3n) is 5.82. The lowest BCUT2D eigenvalue weighted by Crippen LogP contribution is -2.49. The van der Waals surface area contributed by atoms with E-state index in [0.717, 1.165) is 41.2 Å². The van der Waals surface area contributed by atoms with Gasteiger partial charge < -0.3 is 20.9 Å². The van der Waals surface area contributed by atoms with Gasteiger partial charge in [-0.25, -0.2) is 8.78 Å². The molecular formula is C25H33F2N3O3. The molecule has 3 rings (SSSR count). The molecule has 8 heteroatoms. The number of benzene rings is 1. The van der Waals surface area contributed by atoms with Gasteiger partial charge in [-0.1, -0.05) is 20.8 Å². The van der Waals surface area contributed by atoms with Crippen LogP contribution in [0.25, 0.3) is 0 Å². The van der Waals surface area contributed by atoms with Crippen molar-refractivity contribution in [2.45, 2.75) is 71.1 Å². The van der Waals surface area contributed by atoms with Crippen LogP contribution in [0.15, 0.2) is 36.7 Å². The topological polar surface area (TPSA) is 88.3 Å². The fraction of sp³-hybridized carbons (Fsp3) is 0.520. The Morgan fingerprint density at radius 2 is 1.79 bits per heavy atom. The van der Waals surface area contributed by atoms with Crippen LogP contribution < -0.4 is 15.4 Å². The SMILES string of the molecule is CC(=O)N[C@@H](Cc1cc(F)cc(F)c1)[C@H](O)CNC1(c2cc(CC(C)(C)C)c[n+]([O-])c2)CC1. The van der Waals surface area contributed by atoms with Crippen molar-refractivity contribution in [2.75, 3.05) is 6.54 Å². The third-order valence-corrected chi connectivity index (χ3v) is 5.82. The van der Waals surface area contributed by atoms with Gasteiger partial charge in [-0.05, 0) is 54.9 Å². The Bertz CT molecular complexity index is 983. The van der Waals surface area contributed by atoms with E-state index >= 15 is 0 Å². The summed E-state index contributed by atoms with van der Waals surface area (Å²) in [4.78, 5) is 11.7. The first kappa shape index (κ1) is 25.1. The highest BCUT2D eigenvalue weighted by atomic mass is 19.1. The predicted octanol–water partition coefficient (Wildman–Crippen LogP) is 2.87. The lowest BCUT2D eigenvalue weighted by Gasteiger charge is -2.27. The molecule has 1 fully saturated rings. The van der Waals surface area contributed by atoms with E-state index in [-0.39, 0.29) is 24.3 Å². The van der Waals surface area contributed by atoms with Gasteiger partial charge in [0.1, 0.15) is 11.6 Å². The van der Waals surface area contributed by atoms with Gasteiger partial charge in [-0.3, -0.25) is 4.79 Å². The Hall–Kier alpha value is -2.58. The standard InChI is InChI=1S/C25H33F2N3O3/c1-16(31)29-22(10-17-8-20(26)11-21(27)9-17)23(32)13-28-25(5-6-25)19-7-18(12-24(2,3)4)14-30(33)15-19/h7-9,11,14-15,22-23,28,32H,5-6,10,12-13H2,1-4H3,(H,29,31)/t22-,23+/m0/s1. The molecule has 3 N–H and O–H groups in total. The zero-order valence-corrected chi connectivity index (χ0v) is 19.6. The molecule has 2 atom stereocenters. The Kier molecular flexibility index (Phi) is 7.39. The average molecular weight is 462 g/mol. The van der Waals surface area contributed by atoms with E-state index in [0.29, 0.717) is 5.56 Å². The summed E-state index contributed by atoms with van der Waals surface area (Å²) in [5.74, 6) is -1.77. The van der Waals surface area contributed by atoms with Crippen molar-refractivity contribution in [1.82, 2.24) is 10.6 Å². The maximum absolute atomic E-state index is 13.6. The molecule has 1 aliphatic carbocycles. The first-order chi connectivity index (χ1) is 15.3. The molecule has 0 unspecified atom stereocenters. The molecule has 0 saturated heterocycles. The summed E-state index contributed by atoms with van der Waals surface area (Å²) in [7, 11) is 0. The minimum Gasteiger partial charge on any atom is -0.619 e. The number of rotatable bonds is 9. The van der Waals surface area contributed by atoms with Crippen molar-refractivity contribution in [3.05, 3.63) is 70.2 Å². The number of pyridine rings is 1. The highest BCUT2D eigenvalue weighted by Gasteiger charge is 2.46. The monoisotopic (exact) mass is 461 g/mol. The number of nitrogens with zero attached hydrogens (tertiary/aromatic N) is 1. The second-order valence-corrected chi connectivity index (χ2v) is 10.3. The van der Waals surface area contributed by atoms with Crippen molar-refractivity contribution in [1.29, 1.82) is 0 Å². The zero-order valence-electron chi connectivity index (χ0n) is 19.6. The van der Waals surface area contributed by atoms with Crippen LogP contribution in [0, 0.1) is 22.3 Å².